The summed E-state index contributed by atoms with van der Waals surface area (Å²) in [6.07, 6.45) is 2.57. The number of rotatable bonds is 21. The molecule has 48 heavy (non-hydrogen) atoms. The van der Waals surface area contributed by atoms with Crippen molar-refractivity contribution in [2.45, 2.75) is 127 Å². The number of ether oxygens (including phenoxy) is 3. The molecule has 1 aromatic heterocycles. The fraction of sp³-hybridized carbons (Fsp3) is 0.800. The minimum Gasteiger partial charge on any atom is -0.481 e. The van der Waals surface area contributed by atoms with Crippen LogP contribution in [0.3, 0.4) is 0 Å². The fourth-order valence-electron chi connectivity index (χ4n) is 5.70. The number of amides is 2. The van der Waals surface area contributed by atoms with Crippen LogP contribution in [0.15, 0.2) is 6.20 Å². The lowest BCUT2D eigenvalue weighted by Gasteiger charge is -2.39. The van der Waals surface area contributed by atoms with E-state index in [4.69, 9.17) is 19.3 Å². The van der Waals surface area contributed by atoms with E-state index in [1.165, 1.54) is 43.0 Å². The zero-order chi connectivity index (χ0) is 35.1. The Balaban J connectivity index is 1.49. The van der Waals surface area contributed by atoms with Crippen LogP contribution >= 0.6 is 0 Å². The molecule has 18 nitrogen and oxygen atoms in total. The molecule has 2 heterocycles. The van der Waals surface area contributed by atoms with Gasteiger partial charge in [-0.3, -0.25) is 14.4 Å². The monoisotopic (exact) mass is 687 g/mol. The normalized spacial score (nSPS) is 24.5. The van der Waals surface area contributed by atoms with E-state index in [1.54, 1.807) is 0 Å². The summed E-state index contributed by atoms with van der Waals surface area (Å²) < 4.78 is 17.8. The van der Waals surface area contributed by atoms with Crippen LogP contribution in [0.1, 0.15) is 76.3 Å². The molecule has 3 rings (SSSR count). The van der Waals surface area contributed by atoms with Crippen molar-refractivity contribution in [2.24, 2.45) is 5.92 Å². The number of aliphatic carboxylic acids is 2. The van der Waals surface area contributed by atoms with Crippen molar-refractivity contribution >= 4 is 23.8 Å². The van der Waals surface area contributed by atoms with E-state index in [0.29, 0.717) is 18.0 Å². The second-order valence-electron chi connectivity index (χ2n) is 12.3. The Morgan fingerprint density at radius 2 is 1.73 bits per heavy atom. The van der Waals surface area contributed by atoms with E-state index in [2.05, 4.69) is 20.9 Å². The molecular formula is C30H49N5O13. The van der Waals surface area contributed by atoms with E-state index in [0.717, 1.165) is 12.8 Å². The number of hydrogen-bond donors (Lipinski definition) is 8. The van der Waals surface area contributed by atoms with Gasteiger partial charge in [0.05, 0.1) is 39.2 Å². The molecule has 0 bridgehead atoms. The minimum absolute atomic E-state index is 0.0477. The number of aliphatic hydroxyl groups is 4. The number of unbranched alkanes of at least 4 members (excludes halogenated alkanes) is 1. The number of carbonyl (C=O) groups excluding carboxylic acids is 2. The maximum Gasteiger partial charge on any atom is 0.326 e. The van der Waals surface area contributed by atoms with Gasteiger partial charge in [0.25, 0.3) is 0 Å². The molecule has 2 aliphatic rings. The van der Waals surface area contributed by atoms with Crippen LogP contribution in [-0.4, -0.2) is 132 Å². The Morgan fingerprint density at radius 3 is 2.42 bits per heavy atom. The van der Waals surface area contributed by atoms with Gasteiger partial charge < -0.3 is 55.5 Å². The van der Waals surface area contributed by atoms with Gasteiger partial charge in [0.15, 0.2) is 6.29 Å². The van der Waals surface area contributed by atoms with Crippen molar-refractivity contribution in [3.8, 4) is 0 Å². The number of hydrogen-bond acceptors (Lipinski definition) is 13. The Kier molecular flexibility index (Phi) is 16.6. The highest BCUT2D eigenvalue weighted by atomic mass is 16.7. The second kappa shape index (κ2) is 20.3. The van der Waals surface area contributed by atoms with Crippen molar-refractivity contribution in [3.05, 3.63) is 11.9 Å². The molecule has 2 fully saturated rings. The Bertz CT molecular complexity index is 1160. The summed E-state index contributed by atoms with van der Waals surface area (Å²) >= 11 is 0. The van der Waals surface area contributed by atoms with Crippen LogP contribution < -0.4 is 10.6 Å². The molecule has 8 N–H and O–H groups in total. The van der Waals surface area contributed by atoms with Gasteiger partial charge in [-0.15, -0.1) is 5.10 Å². The summed E-state index contributed by atoms with van der Waals surface area (Å²) in [4.78, 5) is 48.4. The van der Waals surface area contributed by atoms with Gasteiger partial charge in [-0.1, -0.05) is 50.2 Å². The molecule has 2 amide bonds. The summed E-state index contributed by atoms with van der Waals surface area (Å²) in [6, 6.07) is -2.74. The van der Waals surface area contributed by atoms with Crippen LogP contribution in [0.5, 0.6) is 0 Å². The molecule has 1 aliphatic heterocycles. The summed E-state index contributed by atoms with van der Waals surface area (Å²) in [6.45, 7) is -0.965. The quantitative estimate of drug-likeness (QED) is 0.0696. The van der Waals surface area contributed by atoms with E-state index in [1.807, 2.05) is 0 Å². The molecule has 0 aromatic carbocycles. The number of carboxylic acid groups (broad SMARTS) is 2. The first-order chi connectivity index (χ1) is 23.0. The first-order valence-electron chi connectivity index (χ1n) is 16.4. The molecule has 0 spiro atoms. The van der Waals surface area contributed by atoms with Crippen LogP contribution in [0.2, 0.25) is 0 Å². The lowest BCUT2D eigenvalue weighted by atomic mass is 9.85. The fourth-order valence-corrected chi connectivity index (χ4v) is 5.70. The molecule has 1 aliphatic carbocycles. The highest BCUT2D eigenvalue weighted by Gasteiger charge is 2.44. The third-order valence-electron chi connectivity index (χ3n) is 8.48. The van der Waals surface area contributed by atoms with Gasteiger partial charge in [0.1, 0.15) is 42.2 Å². The SMILES string of the molecule is O=C(O)CC[C@@H](NC(=O)[C@H](COCc1cn(CCOC2OC(CO)C(O)C(O)C2O)nn1)NC(=O)CCCCC1CCCCC1)C(=O)O. The lowest BCUT2D eigenvalue weighted by molar-refractivity contribution is -0.301. The molecule has 18 heteroatoms. The number of nitrogens with one attached hydrogen (secondary N) is 2. The first-order valence-corrected chi connectivity index (χ1v) is 16.4. The summed E-state index contributed by atoms with van der Waals surface area (Å²) in [5.74, 6) is -3.18. The number of nitrogens with zero attached hydrogens (tertiary/aromatic N) is 3. The number of carbonyl (C=O) groups is 4. The number of aromatic nitrogens is 3. The van der Waals surface area contributed by atoms with Crippen LogP contribution in [-0.2, 0) is 46.5 Å². The van der Waals surface area contributed by atoms with Crippen molar-refractivity contribution in [3.63, 3.8) is 0 Å². The van der Waals surface area contributed by atoms with Gasteiger partial charge in [-0.2, -0.15) is 0 Å². The van der Waals surface area contributed by atoms with E-state index < -0.39 is 79.6 Å². The average molecular weight is 688 g/mol. The minimum atomic E-state index is -1.57. The highest BCUT2D eigenvalue weighted by molar-refractivity contribution is 5.90. The lowest BCUT2D eigenvalue weighted by Crippen LogP contribution is -2.59. The Labute approximate surface area is 277 Å². The summed E-state index contributed by atoms with van der Waals surface area (Å²) in [5.41, 5.74) is 0.348. The molecule has 272 valence electrons. The maximum absolute atomic E-state index is 13.0. The van der Waals surface area contributed by atoms with E-state index in [-0.39, 0.29) is 39.2 Å². The molecule has 5 unspecified atom stereocenters. The third kappa shape index (κ3) is 13.0. The summed E-state index contributed by atoms with van der Waals surface area (Å²) in [5, 5.41) is 70.4. The average Bonchev–Trinajstić information content (AvgIpc) is 3.52. The first kappa shape index (κ1) is 39.2. The van der Waals surface area contributed by atoms with Gasteiger partial charge in [-0.25, -0.2) is 9.48 Å². The molecule has 0 radical (unpaired) electrons. The highest BCUT2D eigenvalue weighted by Crippen LogP contribution is 2.28. The molecular weight excluding hydrogens is 638 g/mol. The van der Waals surface area contributed by atoms with Crippen molar-refractivity contribution in [1.82, 2.24) is 25.6 Å². The molecule has 1 saturated carbocycles. The predicted molar refractivity (Wildman–Crippen MR) is 163 cm³/mol. The van der Waals surface area contributed by atoms with Crippen LogP contribution in [0.25, 0.3) is 0 Å². The number of carboxylic acids is 2. The maximum atomic E-state index is 13.0. The Hall–Kier alpha value is -3.26. The number of aliphatic hydroxyl groups excluding tert-OH is 4. The third-order valence-corrected chi connectivity index (χ3v) is 8.48. The van der Waals surface area contributed by atoms with Crippen LogP contribution in [0, 0.1) is 5.92 Å². The molecule has 1 saturated heterocycles. The van der Waals surface area contributed by atoms with Crippen molar-refractivity contribution in [2.75, 3.05) is 19.8 Å². The zero-order valence-corrected chi connectivity index (χ0v) is 26.9. The van der Waals surface area contributed by atoms with Crippen molar-refractivity contribution in [1.29, 1.82) is 0 Å². The van der Waals surface area contributed by atoms with E-state index in [9.17, 15) is 44.7 Å². The van der Waals surface area contributed by atoms with E-state index >= 15 is 0 Å². The molecule has 1 aromatic rings. The largest absolute Gasteiger partial charge is 0.481 e. The van der Waals surface area contributed by atoms with Gasteiger partial charge in [0, 0.05) is 12.8 Å². The van der Waals surface area contributed by atoms with Crippen molar-refractivity contribution < 1.29 is 64.0 Å². The van der Waals surface area contributed by atoms with Gasteiger partial charge in [-0.05, 0) is 18.8 Å². The second-order valence-corrected chi connectivity index (χ2v) is 12.3. The van der Waals surface area contributed by atoms with Crippen LogP contribution in [0.4, 0.5) is 0 Å². The zero-order valence-electron chi connectivity index (χ0n) is 26.9. The standard InChI is InChI=1S/C30H49N5O13/c36-15-22-25(40)26(41)27(42)30(48-22)47-13-12-35-14-19(33-34-35)16-46-17-21(28(43)32-20(29(44)45)10-11-24(38)39)31-23(37)9-5-4-8-18-6-2-1-3-7-18/h14,18,20-22,25-27,30,36,40-42H,1-13,15-17H2,(H,31,37)(H,32,43)(H,38,39)(H,44,45)/t20-,21+,22?,25?,26?,27?,30?/m1/s1. The summed E-state index contributed by atoms with van der Waals surface area (Å²) in [7, 11) is 0. The topological polar surface area (TPSA) is 272 Å². The Morgan fingerprint density at radius 1 is 0.979 bits per heavy atom. The van der Waals surface area contributed by atoms with Gasteiger partial charge >= 0.3 is 11.9 Å². The van der Waals surface area contributed by atoms with Gasteiger partial charge in [0.2, 0.25) is 11.8 Å². The molecule has 7 atom stereocenters. The predicted octanol–water partition coefficient (Wildman–Crippen LogP) is -1.33. The smallest absolute Gasteiger partial charge is 0.326 e.